The lowest BCUT2D eigenvalue weighted by molar-refractivity contribution is -0.173. The number of hydrogen-bond acceptors (Lipinski definition) is 3. The predicted molar refractivity (Wildman–Crippen MR) is 123 cm³/mol. The summed E-state index contributed by atoms with van der Waals surface area (Å²) in [5.74, 6) is -2.79. The molecule has 3 aromatic rings. The van der Waals surface area contributed by atoms with E-state index in [0.29, 0.717) is 18.7 Å². The van der Waals surface area contributed by atoms with Crippen LogP contribution < -0.4 is 10.1 Å². The van der Waals surface area contributed by atoms with Crippen LogP contribution >= 0.6 is 0 Å². The largest absolute Gasteiger partial charge is 0.496 e. The van der Waals surface area contributed by atoms with E-state index >= 15 is 0 Å². The Balaban J connectivity index is 1.93. The lowest BCUT2D eigenvalue weighted by atomic mass is 10.0. The maximum Gasteiger partial charge on any atom is 0.393 e. The van der Waals surface area contributed by atoms with Crippen molar-refractivity contribution in [3.8, 4) is 5.75 Å². The van der Waals surface area contributed by atoms with Gasteiger partial charge in [-0.1, -0.05) is 13.0 Å². The van der Waals surface area contributed by atoms with Crippen molar-refractivity contribution in [2.24, 2.45) is 5.92 Å². The Bertz CT molecular complexity index is 1200. The number of methoxy groups -OCH3 is 1. The fraction of sp³-hybridized carbons (Fsp3) is 0.360. The molecule has 182 valence electrons. The number of amides is 1. The van der Waals surface area contributed by atoms with Crippen molar-refractivity contribution in [1.82, 2.24) is 9.88 Å². The number of carboxylic acid groups (broad SMARTS) is 1. The van der Waals surface area contributed by atoms with Gasteiger partial charge in [-0.05, 0) is 54.8 Å². The molecule has 0 saturated carbocycles. The second-order valence-corrected chi connectivity index (χ2v) is 8.04. The average Bonchev–Trinajstić information content (AvgIpc) is 3.15. The van der Waals surface area contributed by atoms with Crippen molar-refractivity contribution in [3.05, 3.63) is 64.8 Å². The molecule has 2 aromatic carbocycles. The summed E-state index contributed by atoms with van der Waals surface area (Å²) in [5.41, 5.74) is 2.92. The summed E-state index contributed by atoms with van der Waals surface area (Å²) in [7, 11) is 1.47. The number of aromatic carboxylic acids is 1. The molecular weight excluding hydrogens is 449 g/mol. The van der Waals surface area contributed by atoms with E-state index < -0.39 is 30.5 Å². The first-order valence-corrected chi connectivity index (χ1v) is 11.0. The maximum atomic E-state index is 13.0. The molecule has 0 fully saturated rings. The number of nitrogens with one attached hydrogen (secondary N) is 1. The van der Waals surface area contributed by atoms with Gasteiger partial charge in [-0.3, -0.25) is 4.79 Å². The van der Waals surface area contributed by atoms with Crippen molar-refractivity contribution in [1.29, 1.82) is 0 Å². The van der Waals surface area contributed by atoms with Gasteiger partial charge in [0.25, 0.3) is 5.91 Å². The third-order valence-corrected chi connectivity index (χ3v) is 5.95. The Kier molecular flexibility index (Phi) is 7.54. The third kappa shape index (κ3) is 5.35. The van der Waals surface area contributed by atoms with E-state index in [2.05, 4.69) is 5.32 Å². The number of aromatic nitrogens is 1. The maximum absolute atomic E-state index is 13.0. The number of halogens is 3. The molecule has 1 heterocycles. The molecule has 9 heteroatoms. The molecule has 1 amide bonds. The number of nitrogens with zero attached hydrogens (tertiary/aromatic N) is 1. The molecule has 0 radical (unpaired) electrons. The van der Waals surface area contributed by atoms with E-state index in [-0.39, 0.29) is 17.5 Å². The van der Waals surface area contributed by atoms with Crippen molar-refractivity contribution in [2.45, 2.75) is 39.4 Å². The number of rotatable bonds is 9. The van der Waals surface area contributed by atoms with Gasteiger partial charge < -0.3 is 19.7 Å². The summed E-state index contributed by atoms with van der Waals surface area (Å²) in [4.78, 5) is 23.9. The van der Waals surface area contributed by atoms with Crippen LogP contribution in [0.2, 0.25) is 0 Å². The van der Waals surface area contributed by atoms with Crippen molar-refractivity contribution >= 4 is 22.8 Å². The van der Waals surface area contributed by atoms with Crippen molar-refractivity contribution in [3.63, 3.8) is 0 Å². The summed E-state index contributed by atoms with van der Waals surface area (Å²) in [6, 6.07) is 9.71. The monoisotopic (exact) mass is 476 g/mol. The van der Waals surface area contributed by atoms with Crippen LogP contribution in [0.3, 0.4) is 0 Å². The first-order valence-electron chi connectivity index (χ1n) is 11.0. The van der Waals surface area contributed by atoms with Gasteiger partial charge in [0.2, 0.25) is 0 Å². The van der Waals surface area contributed by atoms with Gasteiger partial charge in [0.15, 0.2) is 0 Å². The van der Waals surface area contributed by atoms with Crippen LogP contribution in [0.15, 0.2) is 42.6 Å². The van der Waals surface area contributed by atoms with Crippen LogP contribution in [0, 0.1) is 5.92 Å². The molecule has 0 aliphatic carbocycles. The molecule has 0 saturated heterocycles. The van der Waals surface area contributed by atoms with Gasteiger partial charge >= 0.3 is 12.1 Å². The number of carbonyl (C=O) groups excluding carboxylic acids is 1. The van der Waals surface area contributed by atoms with Gasteiger partial charge in [-0.25, -0.2) is 4.79 Å². The Morgan fingerprint density at radius 2 is 1.79 bits per heavy atom. The smallest absolute Gasteiger partial charge is 0.393 e. The number of carbonyl (C=O) groups is 2. The lowest BCUT2D eigenvalue weighted by Crippen LogP contribution is -2.36. The second kappa shape index (κ2) is 10.2. The van der Waals surface area contributed by atoms with E-state index in [0.717, 1.165) is 22.0 Å². The Morgan fingerprint density at radius 1 is 1.09 bits per heavy atom. The highest BCUT2D eigenvalue weighted by molar-refractivity contribution is 5.99. The molecule has 0 spiro atoms. The molecule has 0 aliphatic rings. The highest BCUT2D eigenvalue weighted by atomic mass is 19.4. The van der Waals surface area contributed by atoms with Crippen LogP contribution in [0.25, 0.3) is 10.9 Å². The molecule has 1 unspecified atom stereocenters. The summed E-state index contributed by atoms with van der Waals surface area (Å²) in [6.07, 6.45) is -2.11. The topological polar surface area (TPSA) is 80.6 Å². The first kappa shape index (κ1) is 25.1. The van der Waals surface area contributed by atoms with Crippen LogP contribution in [-0.4, -0.2) is 41.4 Å². The fourth-order valence-corrected chi connectivity index (χ4v) is 3.95. The quantitative estimate of drug-likeness (QED) is 0.441. The molecule has 3 rings (SSSR count). The van der Waals surface area contributed by atoms with Crippen LogP contribution in [0.5, 0.6) is 5.75 Å². The van der Waals surface area contributed by atoms with E-state index in [9.17, 15) is 27.9 Å². The Hall–Kier alpha value is -3.49. The molecule has 1 atom stereocenters. The van der Waals surface area contributed by atoms with Gasteiger partial charge in [0, 0.05) is 42.2 Å². The summed E-state index contributed by atoms with van der Waals surface area (Å²) in [6.45, 7) is 3.62. The van der Waals surface area contributed by atoms with Crippen LogP contribution in [0.1, 0.15) is 52.1 Å². The standard InChI is InChI=1S/C25H27F3N2O4/c1-4-19(25(26,27)28)13-29-23(31)16-8-9-21-20(11-16)18(14-30(21)5-2)10-15-6-7-17(24(32)33)12-22(15)34-3/h6-9,11-12,14,19H,4-5,10,13H2,1-3H3,(H,29,31)(H,32,33). The Morgan fingerprint density at radius 3 is 2.38 bits per heavy atom. The highest BCUT2D eigenvalue weighted by Gasteiger charge is 2.38. The molecule has 0 bridgehead atoms. The zero-order valence-electron chi connectivity index (χ0n) is 19.2. The fourth-order valence-electron chi connectivity index (χ4n) is 3.95. The number of aryl methyl sites for hydroxylation is 1. The number of hydrogen-bond donors (Lipinski definition) is 2. The molecular formula is C25H27F3N2O4. The number of benzene rings is 2. The van der Waals surface area contributed by atoms with Crippen molar-refractivity contribution < 1.29 is 32.6 Å². The predicted octanol–water partition coefficient (Wildman–Crippen LogP) is 5.28. The van der Waals surface area contributed by atoms with Gasteiger partial charge in [0.05, 0.1) is 18.6 Å². The van der Waals surface area contributed by atoms with E-state index in [1.807, 2.05) is 17.7 Å². The van der Waals surface area contributed by atoms with Gasteiger partial charge in [0.1, 0.15) is 5.75 Å². The van der Waals surface area contributed by atoms with Gasteiger partial charge in [-0.2, -0.15) is 13.2 Å². The van der Waals surface area contributed by atoms with Gasteiger partial charge in [-0.15, -0.1) is 0 Å². The summed E-state index contributed by atoms with van der Waals surface area (Å²) < 4.78 is 46.4. The second-order valence-electron chi connectivity index (χ2n) is 8.04. The van der Waals surface area contributed by atoms with E-state index in [1.165, 1.54) is 26.2 Å². The minimum absolute atomic E-state index is 0.111. The zero-order valence-corrected chi connectivity index (χ0v) is 19.2. The minimum Gasteiger partial charge on any atom is -0.496 e. The minimum atomic E-state index is -4.37. The molecule has 1 aromatic heterocycles. The molecule has 0 aliphatic heterocycles. The third-order valence-electron chi connectivity index (χ3n) is 5.95. The van der Waals surface area contributed by atoms with Crippen LogP contribution in [0.4, 0.5) is 13.2 Å². The molecule has 2 N–H and O–H groups in total. The molecule has 6 nitrogen and oxygen atoms in total. The zero-order chi connectivity index (χ0) is 25.0. The summed E-state index contributed by atoms with van der Waals surface area (Å²) in [5, 5.41) is 12.4. The normalized spacial score (nSPS) is 12.5. The molecule has 34 heavy (non-hydrogen) atoms. The first-order chi connectivity index (χ1) is 16.1. The number of fused-ring (bicyclic) bond motifs is 1. The number of carboxylic acids is 1. The lowest BCUT2D eigenvalue weighted by Gasteiger charge is -2.19. The Labute approximate surface area is 195 Å². The average molecular weight is 476 g/mol. The van der Waals surface area contributed by atoms with E-state index in [4.69, 9.17) is 4.74 Å². The summed E-state index contributed by atoms with van der Waals surface area (Å²) >= 11 is 0. The SMILES string of the molecule is CCC(CNC(=O)c1ccc2c(c1)c(Cc1ccc(C(=O)O)cc1OC)cn2CC)C(F)(F)F. The van der Waals surface area contributed by atoms with E-state index in [1.54, 1.807) is 24.3 Å². The number of ether oxygens (including phenoxy) is 1. The van der Waals surface area contributed by atoms with Crippen molar-refractivity contribution in [2.75, 3.05) is 13.7 Å². The van der Waals surface area contributed by atoms with Crippen LogP contribution in [-0.2, 0) is 13.0 Å². The number of alkyl halides is 3. The highest BCUT2D eigenvalue weighted by Crippen LogP contribution is 2.30.